The number of hydrogen-bond acceptors (Lipinski definition) is 8. The van der Waals surface area contributed by atoms with Crippen LogP contribution in [0.15, 0.2) is 46.9 Å². The molecular weight excluding hydrogens is 460 g/mol. The van der Waals surface area contributed by atoms with E-state index in [4.69, 9.17) is 15.2 Å². The highest BCUT2D eigenvalue weighted by atomic mass is 79.9. The van der Waals surface area contributed by atoms with Crippen LogP contribution in [0.5, 0.6) is 11.5 Å². The van der Waals surface area contributed by atoms with Crippen molar-refractivity contribution in [3.63, 3.8) is 0 Å². The van der Waals surface area contributed by atoms with Gasteiger partial charge < -0.3 is 20.5 Å². The summed E-state index contributed by atoms with van der Waals surface area (Å²) in [5, 5.41) is 12.8. The first kappa shape index (κ1) is 22.1. The number of ether oxygens (including phenoxy) is 2. The predicted molar refractivity (Wildman–Crippen MR) is 124 cm³/mol. The summed E-state index contributed by atoms with van der Waals surface area (Å²) in [6, 6.07) is 15.1. The molecule has 1 aromatic heterocycles. The van der Waals surface area contributed by atoms with Crippen molar-refractivity contribution in [2.75, 3.05) is 24.8 Å². The summed E-state index contributed by atoms with van der Waals surface area (Å²) in [5.74, 6) is 1.57. The van der Waals surface area contributed by atoms with Gasteiger partial charge in [0.05, 0.1) is 23.8 Å². The highest BCUT2D eigenvalue weighted by molar-refractivity contribution is 9.10. The lowest BCUT2D eigenvalue weighted by Gasteiger charge is -2.13. The Bertz CT molecular complexity index is 1130. The summed E-state index contributed by atoms with van der Waals surface area (Å²) in [6.07, 6.45) is 2.52. The maximum absolute atomic E-state index is 9.73. The van der Waals surface area contributed by atoms with E-state index in [0.29, 0.717) is 28.1 Å². The number of methoxy groups -OCH3 is 1. The number of nitrogen functional groups attached to an aromatic ring is 1. The molecule has 3 rings (SSSR count). The van der Waals surface area contributed by atoms with Gasteiger partial charge in [0.1, 0.15) is 6.07 Å². The highest BCUT2D eigenvalue weighted by Gasteiger charge is 2.14. The van der Waals surface area contributed by atoms with Crippen molar-refractivity contribution in [3.05, 3.63) is 58.3 Å². The summed E-state index contributed by atoms with van der Waals surface area (Å²) < 4.78 is 11.9. The molecule has 0 atom stereocenters. The summed E-state index contributed by atoms with van der Waals surface area (Å²) in [7, 11) is 1.56. The molecule has 0 saturated heterocycles. The summed E-state index contributed by atoms with van der Waals surface area (Å²) >= 11 is 3.51. The molecule has 31 heavy (non-hydrogen) atoms. The van der Waals surface area contributed by atoms with Gasteiger partial charge in [-0.3, -0.25) is 0 Å². The molecule has 3 aromatic rings. The topological polar surface area (TPSA) is 119 Å². The second-order valence-corrected chi connectivity index (χ2v) is 7.24. The van der Waals surface area contributed by atoms with Crippen LogP contribution in [0.1, 0.15) is 24.7 Å². The normalized spacial score (nSPS) is 11.0. The zero-order chi connectivity index (χ0) is 22.2. The zero-order valence-electron chi connectivity index (χ0n) is 17.1. The molecule has 0 saturated carbocycles. The van der Waals surface area contributed by atoms with Crippen LogP contribution in [-0.2, 0) is 0 Å². The smallest absolute Gasteiger partial charge is 0.232 e. The fraction of sp³-hybridized carbons (Fsp3) is 0.182. The summed E-state index contributed by atoms with van der Waals surface area (Å²) in [6.45, 7) is 2.59. The highest BCUT2D eigenvalue weighted by Crippen LogP contribution is 2.37. The molecule has 8 nitrogen and oxygen atoms in total. The average Bonchev–Trinajstić information content (AvgIpc) is 2.76. The fourth-order valence-electron chi connectivity index (χ4n) is 2.70. The van der Waals surface area contributed by atoms with Crippen molar-refractivity contribution in [1.82, 2.24) is 15.0 Å². The van der Waals surface area contributed by atoms with Gasteiger partial charge in [0.25, 0.3) is 0 Å². The number of nitriles is 1. The minimum absolute atomic E-state index is 0.00616. The molecule has 0 radical (unpaired) electrons. The monoisotopic (exact) mass is 480 g/mol. The van der Waals surface area contributed by atoms with Crippen LogP contribution in [-0.4, -0.2) is 28.7 Å². The zero-order valence-corrected chi connectivity index (χ0v) is 18.7. The van der Waals surface area contributed by atoms with Crippen LogP contribution in [0.4, 0.5) is 17.6 Å². The van der Waals surface area contributed by atoms with Gasteiger partial charge in [-0.25, -0.2) is 0 Å². The van der Waals surface area contributed by atoms with Crippen LogP contribution in [0.25, 0.3) is 11.6 Å². The number of benzene rings is 2. The minimum Gasteiger partial charge on any atom is -0.493 e. The Morgan fingerprint density at radius 1 is 1.23 bits per heavy atom. The lowest BCUT2D eigenvalue weighted by Crippen LogP contribution is -2.06. The SMILES string of the molecule is CCCOc1c(Br)cc(/C=C(\C#N)c2nc(N)nc(Nc3ccccc3)n2)cc1OC. The Hall–Kier alpha value is -3.64. The van der Waals surface area contributed by atoms with E-state index in [1.54, 1.807) is 19.3 Å². The standard InChI is InChI=1S/C22H21BrN6O2/c1-3-9-31-19-17(23)11-14(12-18(19)30-2)10-15(13-24)20-27-21(25)29-22(28-20)26-16-7-5-4-6-8-16/h4-8,10-12H,3,9H2,1-2H3,(H3,25,26,27,28,29)/b15-10+. The molecule has 0 aliphatic carbocycles. The second-order valence-electron chi connectivity index (χ2n) is 6.38. The molecular formula is C22H21BrN6O2. The predicted octanol–water partition coefficient (Wildman–Crippen LogP) is 4.82. The van der Waals surface area contributed by atoms with Gasteiger partial charge in [0.2, 0.25) is 11.9 Å². The molecule has 3 N–H and O–H groups in total. The molecule has 0 unspecified atom stereocenters. The molecule has 0 bridgehead atoms. The number of nitrogens with zero attached hydrogens (tertiary/aromatic N) is 4. The molecule has 0 spiro atoms. The molecule has 0 aliphatic heterocycles. The van der Waals surface area contributed by atoms with E-state index in [-0.39, 0.29) is 23.3 Å². The van der Waals surface area contributed by atoms with Crippen molar-refractivity contribution in [2.24, 2.45) is 0 Å². The maximum Gasteiger partial charge on any atom is 0.232 e. The van der Waals surface area contributed by atoms with E-state index in [9.17, 15) is 5.26 Å². The Balaban J connectivity index is 1.96. The van der Waals surface area contributed by atoms with E-state index in [1.807, 2.05) is 43.3 Å². The minimum atomic E-state index is 0.00616. The van der Waals surface area contributed by atoms with Crippen molar-refractivity contribution in [2.45, 2.75) is 13.3 Å². The number of nitrogens with two attached hydrogens (primary N) is 1. The Kier molecular flexibility index (Phi) is 7.40. The molecule has 2 aromatic carbocycles. The van der Waals surface area contributed by atoms with Crippen LogP contribution in [0.2, 0.25) is 0 Å². The van der Waals surface area contributed by atoms with Gasteiger partial charge in [0.15, 0.2) is 17.3 Å². The molecule has 0 fully saturated rings. The molecule has 9 heteroatoms. The van der Waals surface area contributed by atoms with Crippen molar-refractivity contribution in [3.8, 4) is 17.6 Å². The van der Waals surface area contributed by atoms with Crippen LogP contribution >= 0.6 is 15.9 Å². The first-order valence-corrected chi connectivity index (χ1v) is 10.3. The van der Waals surface area contributed by atoms with E-state index < -0.39 is 0 Å². The van der Waals surface area contributed by atoms with Crippen LogP contribution < -0.4 is 20.5 Å². The largest absolute Gasteiger partial charge is 0.493 e. The van der Waals surface area contributed by atoms with Gasteiger partial charge in [-0.1, -0.05) is 25.1 Å². The van der Waals surface area contributed by atoms with E-state index >= 15 is 0 Å². The number of anilines is 3. The van der Waals surface area contributed by atoms with Gasteiger partial charge >= 0.3 is 0 Å². The summed E-state index contributed by atoms with van der Waals surface area (Å²) in [4.78, 5) is 12.6. The number of para-hydroxylation sites is 1. The van der Waals surface area contributed by atoms with Gasteiger partial charge in [0, 0.05) is 5.69 Å². The number of aromatic nitrogens is 3. The number of allylic oxidation sites excluding steroid dienone is 1. The maximum atomic E-state index is 9.73. The third-order valence-corrected chi connectivity index (χ3v) is 4.65. The third kappa shape index (κ3) is 5.71. The average molecular weight is 481 g/mol. The molecule has 1 heterocycles. The van der Waals surface area contributed by atoms with Gasteiger partial charge in [-0.15, -0.1) is 0 Å². The van der Waals surface area contributed by atoms with Crippen molar-refractivity contribution in [1.29, 1.82) is 5.26 Å². The number of hydrogen-bond donors (Lipinski definition) is 2. The Morgan fingerprint density at radius 2 is 2.00 bits per heavy atom. The first-order chi connectivity index (χ1) is 15.0. The fourth-order valence-corrected chi connectivity index (χ4v) is 3.27. The number of rotatable bonds is 8. The lowest BCUT2D eigenvalue weighted by atomic mass is 10.1. The summed E-state index contributed by atoms with van der Waals surface area (Å²) in [5.41, 5.74) is 7.57. The second kappa shape index (κ2) is 10.4. The first-order valence-electron chi connectivity index (χ1n) is 9.50. The molecule has 0 aliphatic rings. The third-order valence-electron chi connectivity index (χ3n) is 4.06. The Morgan fingerprint density at radius 3 is 2.68 bits per heavy atom. The quantitative estimate of drug-likeness (QED) is 0.440. The van der Waals surface area contributed by atoms with Crippen molar-refractivity contribution < 1.29 is 9.47 Å². The lowest BCUT2D eigenvalue weighted by molar-refractivity contribution is 0.292. The number of nitrogens with one attached hydrogen (secondary N) is 1. The van der Waals surface area contributed by atoms with E-state index in [0.717, 1.165) is 12.1 Å². The van der Waals surface area contributed by atoms with E-state index in [1.165, 1.54) is 0 Å². The van der Waals surface area contributed by atoms with Gasteiger partial charge in [-0.05, 0) is 58.3 Å². The van der Waals surface area contributed by atoms with Crippen LogP contribution in [0, 0.1) is 11.3 Å². The van der Waals surface area contributed by atoms with Crippen molar-refractivity contribution >= 4 is 45.2 Å². The van der Waals surface area contributed by atoms with E-state index in [2.05, 4.69) is 42.3 Å². The molecule has 158 valence electrons. The Labute approximate surface area is 188 Å². The molecule has 0 amide bonds. The number of halogens is 1. The van der Waals surface area contributed by atoms with Gasteiger partial charge in [-0.2, -0.15) is 20.2 Å². The van der Waals surface area contributed by atoms with Crippen LogP contribution in [0.3, 0.4) is 0 Å².